The lowest BCUT2D eigenvalue weighted by atomic mass is 9.88. The minimum absolute atomic E-state index is 0.00699. The van der Waals surface area contributed by atoms with Crippen LogP contribution >= 0.6 is 0 Å². The van der Waals surface area contributed by atoms with Crippen molar-refractivity contribution >= 4 is 5.97 Å². The molecular weight excluding hydrogens is 142 g/mol. The van der Waals surface area contributed by atoms with E-state index in [2.05, 4.69) is 11.3 Å². The first-order valence-electron chi connectivity index (χ1n) is 3.50. The van der Waals surface area contributed by atoms with Crippen LogP contribution in [0.1, 0.15) is 13.8 Å². The van der Waals surface area contributed by atoms with Gasteiger partial charge >= 0.3 is 5.97 Å². The molecule has 0 bridgehead atoms. The van der Waals surface area contributed by atoms with Crippen molar-refractivity contribution in [2.24, 2.45) is 11.7 Å². The van der Waals surface area contributed by atoms with Gasteiger partial charge < -0.3 is 10.5 Å². The smallest absolute Gasteiger partial charge is 0.330 e. The Balaban J connectivity index is 4.59. The number of rotatable bonds is 3. The number of ether oxygens (including phenoxy) is 1. The van der Waals surface area contributed by atoms with Crippen molar-refractivity contribution in [1.82, 2.24) is 0 Å². The van der Waals surface area contributed by atoms with E-state index >= 15 is 0 Å². The first-order chi connectivity index (χ1) is 4.99. The van der Waals surface area contributed by atoms with Gasteiger partial charge in [-0.05, 0) is 5.92 Å². The molecule has 0 radical (unpaired) electrons. The van der Waals surface area contributed by atoms with Crippen LogP contribution in [0.3, 0.4) is 0 Å². The van der Waals surface area contributed by atoms with Crippen molar-refractivity contribution in [3.05, 3.63) is 12.7 Å². The quantitative estimate of drug-likeness (QED) is 0.484. The van der Waals surface area contributed by atoms with Crippen LogP contribution < -0.4 is 5.73 Å². The largest absolute Gasteiger partial charge is 0.467 e. The van der Waals surface area contributed by atoms with Crippen molar-refractivity contribution in [1.29, 1.82) is 0 Å². The molecule has 0 aromatic rings. The average Bonchev–Trinajstić information content (AvgIpc) is 2.01. The molecule has 3 nitrogen and oxygen atoms in total. The van der Waals surface area contributed by atoms with Crippen LogP contribution in [0.5, 0.6) is 0 Å². The zero-order chi connectivity index (χ0) is 9.07. The highest BCUT2D eigenvalue weighted by atomic mass is 16.5. The van der Waals surface area contributed by atoms with E-state index < -0.39 is 11.5 Å². The van der Waals surface area contributed by atoms with Gasteiger partial charge in [0.2, 0.25) is 0 Å². The van der Waals surface area contributed by atoms with E-state index in [9.17, 15) is 4.79 Å². The van der Waals surface area contributed by atoms with E-state index in [1.54, 1.807) is 0 Å². The molecule has 0 aromatic carbocycles. The molecule has 0 spiro atoms. The van der Waals surface area contributed by atoms with E-state index in [1.165, 1.54) is 13.2 Å². The number of esters is 1. The minimum Gasteiger partial charge on any atom is -0.467 e. The Kier molecular flexibility index (Phi) is 3.26. The normalized spacial score (nSPS) is 15.7. The Hall–Kier alpha value is -0.830. The molecule has 0 heterocycles. The van der Waals surface area contributed by atoms with Gasteiger partial charge in [-0.3, -0.25) is 0 Å². The standard InChI is InChI=1S/C8H15NO2/c1-5-8(9,6(2)3)7(10)11-4/h5-6H,1,9H2,2-4H3. The Labute approximate surface area is 67.2 Å². The van der Waals surface area contributed by atoms with Crippen LogP contribution in [-0.2, 0) is 9.53 Å². The molecule has 0 aromatic heterocycles. The molecule has 11 heavy (non-hydrogen) atoms. The summed E-state index contributed by atoms with van der Waals surface area (Å²) < 4.78 is 4.53. The molecule has 64 valence electrons. The summed E-state index contributed by atoms with van der Waals surface area (Å²) in [4.78, 5) is 11.1. The van der Waals surface area contributed by atoms with Gasteiger partial charge in [-0.1, -0.05) is 19.9 Å². The second-order valence-electron chi connectivity index (χ2n) is 2.78. The maximum atomic E-state index is 11.1. The van der Waals surface area contributed by atoms with Gasteiger partial charge in [0.1, 0.15) is 5.54 Å². The molecule has 0 aliphatic carbocycles. The lowest BCUT2D eigenvalue weighted by Crippen LogP contribution is -2.51. The molecule has 1 unspecified atom stereocenters. The van der Waals surface area contributed by atoms with Crippen LogP contribution in [0.2, 0.25) is 0 Å². The van der Waals surface area contributed by atoms with Crippen LogP contribution in [0.15, 0.2) is 12.7 Å². The fourth-order valence-electron chi connectivity index (χ4n) is 0.732. The van der Waals surface area contributed by atoms with Gasteiger partial charge in [0, 0.05) is 0 Å². The monoisotopic (exact) mass is 157 g/mol. The van der Waals surface area contributed by atoms with Crippen LogP contribution in [0.25, 0.3) is 0 Å². The summed E-state index contributed by atoms with van der Waals surface area (Å²) in [6.45, 7) is 7.19. The first-order valence-corrected chi connectivity index (χ1v) is 3.50. The van der Waals surface area contributed by atoms with E-state index in [0.29, 0.717) is 0 Å². The molecule has 1 atom stereocenters. The summed E-state index contributed by atoms with van der Waals surface area (Å²) in [7, 11) is 1.32. The molecule has 2 N–H and O–H groups in total. The molecule has 3 heteroatoms. The third-order valence-electron chi connectivity index (χ3n) is 1.83. The zero-order valence-corrected chi connectivity index (χ0v) is 7.26. The summed E-state index contributed by atoms with van der Waals surface area (Å²) in [5, 5.41) is 0. The van der Waals surface area contributed by atoms with Crippen LogP contribution in [0, 0.1) is 5.92 Å². The lowest BCUT2D eigenvalue weighted by Gasteiger charge is -2.26. The molecule has 0 saturated heterocycles. The summed E-state index contributed by atoms with van der Waals surface area (Å²) in [6, 6.07) is 0. The Bertz CT molecular complexity index is 165. The fraction of sp³-hybridized carbons (Fsp3) is 0.625. The second-order valence-corrected chi connectivity index (χ2v) is 2.78. The average molecular weight is 157 g/mol. The van der Waals surface area contributed by atoms with Gasteiger partial charge in [0.15, 0.2) is 0 Å². The highest BCUT2D eigenvalue weighted by Crippen LogP contribution is 2.16. The first kappa shape index (κ1) is 10.2. The van der Waals surface area contributed by atoms with Crippen molar-refractivity contribution in [3.8, 4) is 0 Å². The predicted molar refractivity (Wildman–Crippen MR) is 44.0 cm³/mol. The number of hydrogen-bond acceptors (Lipinski definition) is 3. The molecular formula is C8H15NO2. The third kappa shape index (κ3) is 1.80. The SMILES string of the molecule is C=CC(N)(C(=O)OC)C(C)C. The summed E-state index contributed by atoms with van der Waals surface area (Å²) in [5.74, 6) is -0.449. The maximum absolute atomic E-state index is 11.1. The maximum Gasteiger partial charge on any atom is 0.330 e. The molecule has 0 rings (SSSR count). The number of hydrogen-bond donors (Lipinski definition) is 1. The van der Waals surface area contributed by atoms with Crippen LogP contribution in [-0.4, -0.2) is 18.6 Å². The predicted octanol–water partition coefficient (Wildman–Crippen LogP) is 0.699. The number of carbonyl (C=O) groups is 1. The van der Waals surface area contributed by atoms with Gasteiger partial charge in [-0.15, -0.1) is 6.58 Å². The Morgan fingerprint density at radius 2 is 2.18 bits per heavy atom. The number of methoxy groups -OCH3 is 1. The third-order valence-corrected chi connectivity index (χ3v) is 1.83. The van der Waals surface area contributed by atoms with Crippen molar-refractivity contribution in [3.63, 3.8) is 0 Å². The summed E-state index contributed by atoms with van der Waals surface area (Å²) in [5.41, 5.74) is 4.65. The Morgan fingerprint density at radius 1 is 1.73 bits per heavy atom. The molecule has 0 aliphatic heterocycles. The van der Waals surface area contributed by atoms with E-state index in [0.717, 1.165) is 0 Å². The Morgan fingerprint density at radius 3 is 2.27 bits per heavy atom. The number of nitrogens with two attached hydrogens (primary N) is 1. The lowest BCUT2D eigenvalue weighted by molar-refractivity contribution is -0.146. The second kappa shape index (κ2) is 3.53. The molecule has 0 saturated carbocycles. The summed E-state index contributed by atoms with van der Waals surface area (Å²) >= 11 is 0. The van der Waals surface area contributed by atoms with E-state index in [1.807, 2.05) is 13.8 Å². The fourth-order valence-corrected chi connectivity index (χ4v) is 0.732. The minimum atomic E-state index is -1.05. The van der Waals surface area contributed by atoms with Crippen LogP contribution in [0.4, 0.5) is 0 Å². The number of carbonyl (C=O) groups excluding carboxylic acids is 1. The van der Waals surface area contributed by atoms with Crippen molar-refractivity contribution in [2.45, 2.75) is 19.4 Å². The molecule has 0 aliphatic rings. The van der Waals surface area contributed by atoms with Gasteiger partial charge in [0.05, 0.1) is 7.11 Å². The van der Waals surface area contributed by atoms with Gasteiger partial charge in [0.25, 0.3) is 0 Å². The van der Waals surface area contributed by atoms with Crippen molar-refractivity contribution < 1.29 is 9.53 Å². The molecule has 0 amide bonds. The van der Waals surface area contributed by atoms with E-state index in [4.69, 9.17) is 5.73 Å². The highest BCUT2D eigenvalue weighted by Gasteiger charge is 2.35. The zero-order valence-electron chi connectivity index (χ0n) is 7.26. The topological polar surface area (TPSA) is 52.3 Å². The molecule has 0 fully saturated rings. The van der Waals surface area contributed by atoms with E-state index in [-0.39, 0.29) is 5.92 Å². The highest BCUT2D eigenvalue weighted by molar-refractivity contribution is 5.83. The van der Waals surface area contributed by atoms with Gasteiger partial charge in [-0.25, -0.2) is 4.79 Å². The summed E-state index contributed by atoms with van der Waals surface area (Å²) in [6.07, 6.45) is 1.42. The van der Waals surface area contributed by atoms with Crippen molar-refractivity contribution in [2.75, 3.05) is 7.11 Å². The van der Waals surface area contributed by atoms with Gasteiger partial charge in [-0.2, -0.15) is 0 Å².